The lowest BCUT2D eigenvalue weighted by Gasteiger charge is -2.23. The van der Waals surface area contributed by atoms with Crippen LogP contribution in [0.2, 0.25) is 0 Å². The Morgan fingerprint density at radius 3 is 2.91 bits per heavy atom. The minimum atomic E-state index is 0.0690. The van der Waals surface area contributed by atoms with E-state index in [1.54, 1.807) is 4.68 Å². The highest BCUT2D eigenvalue weighted by Crippen LogP contribution is 2.40. The Labute approximate surface area is 138 Å². The molecular formula is C15H20N6OS. The Morgan fingerprint density at radius 2 is 2.22 bits per heavy atom. The molecule has 1 amide bonds. The molecule has 1 N–H and O–H groups in total. The molecule has 4 rings (SSSR count). The van der Waals surface area contributed by atoms with Gasteiger partial charge in [0.2, 0.25) is 11.0 Å². The number of anilines is 1. The predicted octanol–water partition coefficient (Wildman–Crippen LogP) is 1.78. The molecule has 0 bridgehead atoms. The van der Waals surface area contributed by atoms with Gasteiger partial charge in [0.25, 0.3) is 0 Å². The molecule has 1 aliphatic carbocycles. The molecule has 7 nitrogen and oxygen atoms in total. The molecule has 8 heteroatoms. The number of amides is 1. The van der Waals surface area contributed by atoms with Gasteiger partial charge in [-0.15, -0.1) is 0 Å². The van der Waals surface area contributed by atoms with Gasteiger partial charge >= 0.3 is 0 Å². The maximum Gasteiger partial charge on any atom is 0.223 e. The zero-order valence-corrected chi connectivity index (χ0v) is 14.1. The van der Waals surface area contributed by atoms with Gasteiger partial charge in [-0.3, -0.25) is 9.48 Å². The summed E-state index contributed by atoms with van der Waals surface area (Å²) in [6.45, 7) is 0.717. The van der Waals surface area contributed by atoms with E-state index in [4.69, 9.17) is 0 Å². The van der Waals surface area contributed by atoms with Gasteiger partial charge in [-0.05, 0) is 12.8 Å². The van der Waals surface area contributed by atoms with Crippen molar-refractivity contribution in [1.29, 1.82) is 0 Å². The van der Waals surface area contributed by atoms with Crippen molar-refractivity contribution >= 4 is 22.6 Å². The molecular weight excluding hydrogens is 312 g/mol. The maximum absolute atomic E-state index is 12.1. The molecule has 2 atom stereocenters. The summed E-state index contributed by atoms with van der Waals surface area (Å²) in [6, 6.07) is 0.0690. The molecule has 23 heavy (non-hydrogen) atoms. The zero-order chi connectivity index (χ0) is 16.0. The number of hydrogen-bond donors (Lipinski definition) is 1. The molecule has 2 aliphatic rings. The van der Waals surface area contributed by atoms with Crippen LogP contribution in [0.15, 0.2) is 12.4 Å². The molecule has 0 unspecified atom stereocenters. The van der Waals surface area contributed by atoms with E-state index in [9.17, 15) is 4.79 Å². The van der Waals surface area contributed by atoms with E-state index in [2.05, 4.69) is 19.8 Å². The molecule has 1 aliphatic heterocycles. The van der Waals surface area contributed by atoms with Crippen LogP contribution in [0.1, 0.15) is 42.6 Å². The van der Waals surface area contributed by atoms with E-state index in [-0.39, 0.29) is 17.9 Å². The van der Waals surface area contributed by atoms with Gasteiger partial charge in [-0.1, -0.05) is 0 Å². The zero-order valence-electron chi connectivity index (χ0n) is 13.3. The Kier molecular flexibility index (Phi) is 3.56. The van der Waals surface area contributed by atoms with Crippen molar-refractivity contribution in [3.8, 4) is 0 Å². The van der Waals surface area contributed by atoms with Crippen molar-refractivity contribution in [3.63, 3.8) is 0 Å². The molecule has 3 heterocycles. The highest BCUT2D eigenvalue weighted by Gasteiger charge is 2.39. The number of rotatable bonds is 5. The van der Waals surface area contributed by atoms with Crippen LogP contribution in [0.4, 0.5) is 5.13 Å². The molecule has 1 saturated heterocycles. The summed E-state index contributed by atoms with van der Waals surface area (Å²) in [5, 5.41) is 8.48. The average Bonchev–Trinajstić information content (AvgIpc) is 3.00. The molecule has 2 fully saturated rings. The molecule has 122 valence electrons. The number of hydrogen-bond acceptors (Lipinski definition) is 6. The van der Waals surface area contributed by atoms with E-state index >= 15 is 0 Å². The molecule has 0 aromatic carbocycles. The number of likely N-dealkylation sites (tertiary alicyclic amines) is 1. The van der Waals surface area contributed by atoms with Crippen LogP contribution in [0, 0.1) is 5.92 Å². The second-order valence-electron chi connectivity index (χ2n) is 6.47. The number of nitrogens with one attached hydrogen (secondary N) is 1. The first-order chi connectivity index (χ1) is 11.1. The minimum Gasteiger partial charge on any atom is -0.360 e. The summed E-state index contributed by atoms with van der Waals surface area (Å²) in [4.78, 5) is 18.5. The highest BCUT2D eigenvalue weighted by molar-refractivity contribution is 7.09. The third-order valence-electron chi connectivity index (χ3n) is 4.66. The fourth-order valence-electron chi connectivity index (χ4n) is 3.26. The van der Waals surface area contributed by atoms with Crippen molar-refractivity contribution in [2.45, 2.75) is 31.2 Å². The predicted molar refractivity (Wildman–Crippen MR) is 87.2 cm³/mol. The van der Waals surface area contributed by atoms with Crippen molar-refractivity contribution in [2.75, 3.05) is 18.9 Å². The topological polar surface area (TPSA) is 75.9 Å². The smallest absolute Gasteiger partial charge is 0.223 e. The van der Waals surface area contributed by atoms with Crippen LogP contribution < -0.4 is 5.32 Å². The first kappa shape index (κ1) is 14.6. The molecule has 2 aromatic rings. The lowest BCUT2D eigenvalue weighted by Crippen LogP contribution is -2.26. The van der Waals surface area contributed by atoms with Crippen LogP contribution in [0.5, 0.6) is 0 Å². The molecule has 1 saturated carbocycles. The third kappa shape index (κ3) is 2.83. The second kappa shape index (κ2) is 5.59. The Bertz CT molecular complexity index is 721. The van der Waals surface area contributed by atoms with E-state index in [0.717, 1.165) is 23.1 Å². The Balaban J connectivity index is 1.46. The molecule has 0 radical (unpaired) electrons. The highest BCUT2D eigenvalue weighted by atomic mass is 32.1. The van der Waals surface area contributed by atoms with Crippen LogP contribution in [-0.2, 0) is 11.8 Å². The van der Waals surface area contributed by atoms with Crippen molar-refractivity contribution in [1.82, 2.24) is 24.0 Å². The summed E-state index contributed by atoms with van der Waals surface area (Å²) in [6.07, 6.45) is 6.81. The van der Waals surface area contributed by atoms with E-state index in [0.29, 0.717) is 12.3 Å². The number of carbonyl (C=O) groups is 1. The van der Waals surface area contributed by atoms with Crippen molar-refractivity contribution in [3.05, 3.63) is 23.8 Å². The van der Waals surface area contributed by atoms with Crippen LogP contribution in [-0.4, -0.2) is 43.5 Å². The molecule has 0 spiro atoms. The van der Waals surface area contributed by atoms with E-state index in [1.165, 1.54) is 24.4 Å². The quantitative estimate of drug-likeness (QED) is 0.903. The summed E-state index contributed by atoms with van der Waals surface area (Å²) >= 11 is 1.42. The standard InChI is InChI=1S/C15H20N6OS/c1-20-8-11(7-17-20)13-10(5-12(22)21(13)2)6-16-15-18-14(19-23-15)9-3-4-9/h7-10,13H,3-6H2,1-2H3,(H,16,18,19)/t10-,13+/m0/s1. The van der Waals surface area contributed by atoms with E-state index in [1.807, 2.05) is 31.4 Å². The van der Waals surface area contributed by atoms with Gasteiger partial charge in [-0.25, -0.2) is 4.98 Å². The fraction of sp³-hybridized carbons (Fsp3) is 0.600. The van der Waals surface area contributed by atoms with Gasteiger partial charge in [0.1, 0.15) is 5.82 Å². The van der Waals surface area contributed by atoms with Gasteiger partial charge in [0.05, 0.1) is 12.2 Å². The van der Waals surface area contributed by atoms with Gasteiger partial charge in [-0.2, -0.15) is 9.47 Å². The summed E-state index contributed by atoms with van der Waals surface area (Å²) in [5.74, 6) is 1.94. The van der Waals surface area contributed by atoms with Gasteiger partial charge < -0.3 is 10.2 Å². The first-order valence-corrected chi connectivity index (χ1v) is 8.71. The number of aryl methyl sites for hydroxylation is 1. The number of nitrogens with zero attached hydrogens (tertiary/aromatic N) is 5. The van der Waals surface area contributed by atoms with Crippen LogP contribution in [0.3, 0.4) is 0 Å². The average molecular weight is 332 g/mol. The number of aromatic nitrogens is 4. The SMILES string of the molecule is CN1C(=O)C[C@@H](CNc2nc(C3CC3)ns2)[C@@H]1c1cnn(C)c1. The fourth-order valence-corrected chi connectivity index (χ4v) is 3.91. The lowest BCUT2D eigenvalue weighted by molar-refractivity contribution is -0.127. The van der Waals surface area contributed by atoms with Crippen LogP contribution >= 0.6 is 11.5 Å². The number of carbonyl (C=O) groups excluding carboxylic acids is 1. The van der Waals surface area contributed by atoms with Crippen molar-refractivity contribution in [2.24, 2.45) is 13.0 Å². The third-order valence-corrected chi connectivity index (χ3v) is 5.35. The van der Waals surface area contributed by atoms with Crippen molar-refractivity contribution < 1.29 is 4.79 Å². The van der Waals surface area contributed by atoms with Crippen LogP contribution in [0.25, 0.3) is 0 Å². The summed E-state index contributed by atoms with van der Waals surface area (Å²) in [7, 11) is 3.77. The Hall–Kier alpha value is -1.96. The monoisotopic (exact) mass is 332 g/mol. The summed E-state index contributed by atoms with van der Waals surface area (Å²) < 4.78 is 6.19. The second-order valence-corrected chi connectivity index (χ2v) is 7.23. The normalized spacial score (nSPS) is 24.4. The van der Waals surface area contributed by atoms with E-state index < -0.39 is 0 Å². The largest absolute Gasteiger partial charge is 0.360 e. The van der Waals surface area contributed by atoms with Gasteiger partial charge in [0.15, 0.2) is 0 Å². The Morgan fingerprint density at radius 1 is 1.39 bits per heavy atom. The minimum absolute atomic E-state index is 0.0690. The first-order valence-electron chi connectivity index (χ1n) is 7.93. The lowest BCUT2D eigenvalue weighted by atomic mass is 9.96. The van der Waals surface area contributed by atoms with Gasteiger partial charge in [0, 0.05) is 62.2 Å². The summed E-state index contributed by atoms with van der Waals surface area (Å²) in [5.41, 5.74) is 1.09. The molecule has 2 aromatic heterocycles. The maximum atomic E-state index is 12.1.